The molecule has 136 valence electrons. The number of hydrogen-bond acceptors (Lipinski definition) is 5. The molecule has 4 heterocycles. The standard InChI is InChI=1S/C18H18N8O/c1-24-10-19-22-17(24)15-12-9-26(8-7-14(12)25(2)23-15)18(27)16-11-5-3-4-6-13(11)20-21-16/h3-6,10H,7-9H2,1-2H3,(H,20,21). The minimum absolute atomic E-state index is 0.0779. The van der Waals surface area contributed by atoms with Crippen LogP contribution in [0.5, 0.6) is 0 Å². The Balaban J connectivity index is 1.52. The molecule has 0 radical (unpaired) electrons. The molecule has 1 N–H and O–H groups in total. The van der Waals surface area contributed by atoms with Crippen LogP contribution in [0, 0.1) is 0 Å². The van der Waals surface area contributed by atoms with Gasteiger partial charge in [-0.2, -0.15) is 10.2 Å². The molecule has 5 rings (SSSR count). The van der Waals surface area contributed by atoms with Crippen LogP contribution in [-0.2, 0) is 27.1 Å². The normalized spacial score (nSPS) is 13.9. The van der Waals surface area contributed by atoms with Gasteiger partial charge in [0.15, 0.2) is 11.5 Å². The fourth-order valence-corrected chi connectivity index (χ4v) is 3.72. The predicted molar refractivity (Wildman–Crippen MR) is 97.7 cm³/mol. The Bertz CT molecular complexity index is 1170. The highest BCUT2D eigenvalue weighted by Gasteiger charge is 2.30. The molecule has 0 atom stereocenters. The largest absolute Gasteiger partial charge is 0.332 e. The van der Waals surface area contributed by atoms with Gasteiger partial charge in [-0.15, -0.1) is 10.2 Å². The molecule has 0 spiro atoms. The smallest absolute Gasteiger partial charge is 0.275 e. The number of aromatic amines is 1. The molecule has 27 heavy (non-hydrogen) atoms. The number of nitrogens with one attached hydrogen (secondary N) is 1. The van der Waals surface area contributed by atoms with Gasteiger partial charge in [0.25, 0.3) is 5.91 Å². The Labute approximate surface area is 154 Å². The maximum Gasteiger partial charge on any atom is 0.275 e. The summed E-state index contributed by atoms with van der Waals surface area (Å²) in [5.74, 6) is 0.622. The Hall–Kier alpha value is -3.49. The number of amides is 1. The van der Waals surface area contributed by atoms with Crippen molar-refractivity contribution >= 4 is 16.8 Å². The maximum absolute atomic E-state index is 13.1. The van der Waals surface area contributed by atoms with Crippen molar-refractivity contribution in [1.82, 2.24) is 39.6 Å². The van der Waals surface area contributed by atoms with Crippen molar-refractivity contribution in [2.45, 2.75) is 13.0 Å². The summed E-state index contributed by atoms with van der Waals surface area (Å²) in [4.78, 5) is 15.0. The van der Waals surface area contributed by atoms with Crippen molar-refractivity contribution in [1.29, 1.82) is 0 Å². The zero-order chi connectivity index (χ0) is 18.5. The zero-order valence-corrected chi connectivity index (χ0v) is 15.0. The highest BCUT2D eigenvalue weighted by Crippen LogP contribution is 2.29. The van der Waals surface area contributed by atoms with Gasteiger partial charge in [0.1, 0.15) is 12.0 Å². The van der Waals surface area contributed by atoms with Crippen LogP contribution in [0.4, 0.5) is 0 Å². The van der Waals surface area contributed by atoms with Crippen molar-refractivity contribution in [2.75, 3.05) is 6.54 Å². The van der Waals surface area contributed by atoms with Gasteiger partial charge in [-0.05, 0) is 6.07 Å². The van der Waals surface area contributed by atoms with Gasteiger partial charge in [-0.25, -0.2) is 0 Å². The number of para-hydroxylation sites is 1. The molecular weight excluding hydrogens is 344 g/mol. The Morgan fingerprint density at radius 2 is 2.07 bits per heavy atom. The number of nitrogens with zero attached hydrogens (tertiary/aromatic N) is 7. The van der Waals surface area contributed by atoms with E-state index in [-0.39, 0.29) is 5.91 Å². The number of fused-ring (bicyclic) bond motifs is 2. The number of carbonyl (C=O) groups excluding carboxylic acids is 1. The van der Waals surface area contributed by atoms with E-state index in [2.05, 4.69) is 25.5 Å². The fourth-order valence-electron chi connectivity index (χ4n) is 3.72. The Kier molecular flexibility index (Phi) is 3.36. The zero-order valence-electron chi connectivity index (χ0n) is 15.0. The number of aromatic nitrogens is 7. The lowest BCUT2D eigenvalue weighted by atomic mass is 10.0. The number of hydrogen-bond donors (Lipinski definition) is 1. The summed E-state index contributed by atoms with van der Waals surface area (Å²) in [5.41, 5.74) is 4.24. The maximum atomic E-state index is 13.1. The van der Waals surface area contributed by atoms with E-state index in [1.54, 1.807) is 6.33 Å². The van der Waals surface area contributed by atoms with Gasteiger partial charge in [0.05, 0.1) is 12.1 Å². The summed E-state index contributed by atoms with van der Waals surface area (Å²) < 4.78 is 3.72. The molecule has 4 aromatic rings. The number of aryl methyl sites for hydroxylation is 2. The van der Waals surface area contributed by atoms with Crippen molar-refractivity contribution in [3.63, 3.8) is 0 Å². The van der Waals surface area contributed by atoms with Gasteiger partial charge in [0.2, 0.25) is 0 Å². The van der Waals surface area contributed by atoms with E-state index in [9.17, 15) is 4.79 Å². The van der Waals surface area contributed by atoms with Crippen LogP contribution in [0.25, 0.3) is 22.4 Å². The first kappa shape index (κ1) is 15.7. The first-order valence-corrected chi connectivity index (χ1v) is 8.75. The molecule has 0 aliphatic carbocycles. The molecule has 9 heteroatoms. The van der Waals surface area contributed by atoms with Gasteiger partial charge >= 0.3 is 0 Å². The molecule has 1 aromatic carbocycles. The summed E-state index contributed by atoms with van der Waals surface area (Å²) in [5, 5.41) is 20.8. The molecule has 9 nitrogen and oxygen atoms in total. The van der Waals surface area contributed by atoms with E-state index in [4.69, 9.17) is 0 Å². The summed E-state index contributed by atoms with van der Waals surface area (Å²) in [6.45, 7) is 1.11. The highest BCUT2D eigenvalue weighted by atomic mass is 16.2. The molecule has 1 aliphatic rings. The van der Waals surface area contributed by atoms with Gasteiger partial charge in [0, 0.05) is 43.7 Å². The molecular formula is C18H18N8O. The van der Waals surface area contributed by atoms with Crippen LogP contribution in [0.1, 0.15) is 21.7 Å². The summed E-state index contributed by atoms with van der Waals surface area (Å²) >= 11 is 0. The van der Waals surface area contributed by atoms with Gasteiger partial charge in [-0.3, -0.25) is 14.6 Å². The summed E-state index contributed by atoms with van der Waals surface area (Å²) in [6, 6.07) is 7.66. The Morgan fingerprint density at radius 1 is 1.22 bits per heavy atom. The molecule has 0 saturated carbocycles. The Morgan fingerprint density at radius 3 is 2.89 bits per heavy atom. The van der Waals surface area contributed by atoms with E-state index in [1.165, 1.54) is 0 Å². The first-order valence-electron chi connectivity index (χ1n) is 8.75. The summed E-state index contributed by atoms with van der Waals surface area (Å²) in [6.07, 6.45) is 2.39. The quantitative estimate of drug-likeness (QED) is 0.579. The second-order valence-electron chi connectivity index (χ2n) is 6.76. The van der Waals surface area contributed by atoms with E-state index < -0.39 is 0 Å². The SMILES string of the molecule is Cn1cnnc1-c1nn(C)c2c1CN(C(=O)c1n[nH]c3ccccc13)CC2. The molecule has 1 aliphatic heterocycles. The summed E-state index contributed by atoms with van der Waals surface area (Å²) in [7, 11) is 3.81. The second-order valence-corrected chi connectivity index (χ2v) is 6.76. The topological polar surface area (TPSA) is 97.5 Å². The van der Waals surface area contributed by atoms with E-state index in [0.717, 1.165) is 34.3 Å². The van der Waals surface area contributed by atoms with Crippen LogP contribution < -0.4 is 0 Å². The molecule has 3 aromatic heterocycles. The fraction of sp³-hybridized carbons (Fsp3) is 0.278. The predicted octanol–water partition coefficient (Wildman–Crippen LogP) is 1.29. The molecule has 0 unspecified atom stereocenters. The third-order valence-electron chi connectivity index (χ3n) is 5.13. The number of carbonyl (C=O) groups is 1. The van der Waals surface area contributed by atoms with Gasteiger partial charge < -0.3 is 9.47 Å². The molecule has 1 amide bonds. The number of H-pyrrole nitrogens is 1. The number of rotatable bonds is 2. The van der Waals surface area contributed by atoms with E-state index in [1.807, 2.05) is 52.5 Å². The number of benzene rings is 1. The minimum Gasteiger partial charge on any atom is -0.332 e. The average molecular weight is 362 g/mol. The lowest BCUT2D eigenvalue weighted by Crippen LogP contribution is -2.36. The lowest BCUT2D eigenvalue weighted by Gasteiger charge is -2.27. The van der Waals surface area contributed by atoms with Crippen LogP contribution in [0.15, 0.2) is 30.6 Å². The molecule has 0 bridgehead atoms. The second kappa shape index (κ2) is 5.76. The van der Waals surface area contributed by atoms with Crippen molar-refractivity contribution in [3.8, 4) is 11.5 Å². The minimum atomic E-state index is -0.0779. The van der Waals surface area contributed by atoms with Crippen LogP contribution in [0.3, 0.4) is 0 Å². The average Bonchev–Trinajstić information content (AvgIpc) is 3.38. The van der Waals surface area contributed by atoms with Crippen molar-refractivity contribution in [2.24, 2.45) is 14.1 Å². The van der Waals surface area contributed by atoms with Crippen molar-refractivity contribution in [3.05, 3.63) is 47.5 Å². The van der Waals surface area contributed by atoms with Crippen LogP contribution in [-0.4, -0.2) is 52.1 Å². The van der Waals surface area contributed by atoms with E-state index >= 15 is 0 Å². The van der Waals surface area contributed by atoms with Crippen LogP contribution in [0.2, 0.25) is 0 Å². The van der Waals surface area contributed by atoms with Gasteiger partial charge in [-0.1, -0.05) is 18.2 Å². The van der Waals surface area contributed by atoms with Crippen LogP contribution >= 0.6 is 0 Å². The highest BCUT2D eigenvalue weighted by molar-refractivity contribution is 6.04. The third kappa shape index (κ3) is 2.35. The first-order chi connectivity index (χ1) is 13.1. The van der Waals surface area contributed by atoms with E-state index in [0.29, 0.717) is 24.6 Å². The lowest BCUT2D eigenvalue weighted by molar-refractivity contribution is 0.0729. The molecule has 0 fully saturated rings. The third-order valence-corrected chi connectivity index (χ3v) is 5.13. The monoisotopic (exact) mass is 362 g/mol. The molecule has 0 saturated heterocycles. The van der Waals surface area contributed by atoms with Crippen molar-refractivity contribution < 1.29 is 4.79 Å².